The molecule has 0 saturated heterocycles. The largest absolute Gasteiger partial charge is 1.00 e. The first-order chi connectivity index (χ1) is 5.77. The normalized spacial score (nSPS) is 8.69. The third kappa shape index (κ3) is 3.83. The number of hydrogen-bond donors (Lipinski definition) is 1. The van der Waals surface area contributed by atoms with Gasteiger partial charge in [0.05, 0.1) is 7.11 Å². The molecule has 13 heavy (non-hydrogen) atoms. The van der Waals surface area contributed by atoms with Crippen LogP contribution in [0.3, 0.4) is 0 Å². The Labute approximate surface area is 121 Å². The summed E-state index contributed by atoms with van der Waals surface area (Å²) in [6.07, 6.45) is 3.52. The second-order valence-electron chi connectivity index (χ2n) is 2.33. The van der Waals surface area contributed by atoms with E-state index in [9.17, 15) is 5.11 Å². The van der Waals surface area contributed by atoms with E-state index in [1.807, 2.05) is 6.42 Å². The fourth-order valence-electron chi connectivity index (χ4n) is 0.934. The van der Waals surface area contributed by atoms with Crippen molar-refractivity contribution in [2.45, 2.75) is 0 Å². The summed E-state index contributed by atoms with van der Waals surface area (Å²) in [5, 5.41) is 9.24. The van der Waals surface area contributed by atoms with Gasteiger partial charge in [-0.05, 0) is 17.7 Å². The number of allylic oxidation sites excluding steroid dienone is 1. The molecule has 3 heteroatoms. The summed E-state index contributed by atoms with van der Waals surface area (Å²) in [5.41, 5.74) is 0.958. The molecule has 0 fully saturated rings. The van der Waals surface area contributed by atoms with E-state index in [4.69, 9.17) is 4.74 Å². The zero-order valence-corrected chi connectivity index (χ0v) is 11.1. The van der Waals surface area contributed by atoms with Crippen molar-refractivity contribution in [2.75, 3.05) is 7.11 Å². The second-order valence-corrected chi connectivity index (χ2v) is 2.33. The summed E-state index contributed by atoms with van der Waals surface area (Å²) >= 11 is 0. The fourth-order valence-corrected chi connectivity index (χ4v) is 0.934. The maximum atomic E-state index is 9.24. The average Bonchev–Trinajstić information content (AvgIpc) is 2.09. The molecule has 0 saturated carbocycles. The fraction of sp³-hybridized carbons (Fsp3) is 0.100. The van der Waals surface area contributed by atoms with Crippen molar-refractivity contribution in [1.29, 1.82) is 0 Å². The predicted octanol–water partition coefficient (Wildman–Crippen LogP) is -0.857. The molecule has 0 spiro atoms. The number of phenolic OH excluding ortho intramolecular Hbond substituents is 1. The van der Waals surface area contributed by atoms with Gasteiger partial charge in [-0.25, -0.2) is 0 Å². The van der Waals surface area contributed by atoms with Gasteiger partial charge in [-0.3, -0.25) is 0 Å². The molecular weight excluding hydrogens is 191 g/mol. The molecule has 0 aromatic heterocycles. The molecule has 1 radical (unpaired) electrons. The van der Waals surface area contributed by atoms with Crippen LogP contribution in [0, 0.1) is 6.42 Å². The average molecular weight is 202 g/mol. The van der Waals surface area contributed by atoms with Crippen LogP contribution in [0.25, 0.3) is 0 Å². The molecule has 0 aliphatic heterocycles. The molecule has 0 heterocycles. The van der Waals surface area contributed by atoms with Crippen LogP contribution >= 0.6 is 0 Å². The first-order valence-corrected chi connectivity index (χ1v) is 3.60. The SMILES string of the molecule is C=C[CH]c1ccc(O)c(OC)c1.[K+]. The van der Waals surface area contributed by atoms with Gasteiger partial charge in [0.2, 0.25) is 0 Å². The van der Waals surface area contributed by atoms with E-state index in [2.05, 4.69) is 6.58 Å². The number of phenols is 1. The van der Waals surface area contributed by atoms with E-state index >= 15 is 0 Å². The smallest absolute Gasteiger partial charge is 0.504 e. The minimum atomic E-state index is 0. The first-order valence-electron chi connectivity index (χ1n) is 3.60. The Morgan fingerprint density at radius 1 is 1.46 bits per heavy atom. The van der Waals surface area contributed by atoms with Crippen molar-refractivity contribution < 1.29 is 61.2 Å². The van der Waals surface area contributed by atoms with Gasteiger partial charge in [0, 0.05) is 6.42 Å². The van der Waals surface area contributed by atoms with Crippen LogP contribution in [0.1, 0.15) is 5.56 Å². The molecule has 63 valence electrons. The predicted molar refractivity (Wildman–Crippen MR) is 48.3 cm³/mol. The summed E-state index contributed by atoms with van der Waals surface area (Å²) in [4.78, 5) is 0. The van der Waals surface area contributed by atoms with E-state index in [0.29, 0.717) is 5.75 Å². The third-order valence-electron chi connectivity index (χ3n) is 1.51. The molecular formula is C10H11KO2+. The molecule has 0 atom stereocenters. The van der Waals surface area contributed by atoms with Gasteiger partial charge < -0.3 is 9.84 Å². The van der Waals surface area contributed by atoms with Crippen LogP contribution in [-0.4, -0.2) is 12.2 Å². The van der Waals surface area contributed by atoms with E-state index in [1.54, 1.807) is 24.3 Å². The van der Waals surface area contributed by atoms with Gasteiger partial charge in [-0.1, -0.05) is 12.1 Å². The van der Waals surface area contributed by atoms with Gasteiger partial charge in [-0.2, -0.15) is 0 Å². The zero-order chi connectivity index (χ0) is 8.97. The van der Waals surface area contributed by atoms with E-state index < -0.39 is 0 Å². The number of benzene rings is 1. The van der Waals surface area contributed by atoms with Gasteiger partial charge >= 0.3 is 51.4 Å². The maximum absolute atomic E-state index is 9.24. The van der Waals surface area contributed by atoms with Gasteiger partial charge in [0.1, 0.15) is 0 Å². The molecule has 1 aromatic rings. The standard InChI is InChI=1S/C10H11O2.K/c1-3-4-8-5-6-9(11)10(7-8)12-2;/h3-7,11H,1H2,2H3;/q;+1. The van der Waals surface area contributed by atoms with Gasteiger partial charge in [0.25, 0.3) is 0 Å². The quantitative estimate of drug-likeness (QED) is 0.647. The third-order valence-corrected chi connectivity index (χ3v) is 1.51. The minimum Gasteiger partial charge on any atom is -0.504 e. The minimum absolute atomic E-state index is 0. The molecule has 1 aromatic carbocycles. The summed E-state index contributed by atoms with van der Waals surface area (Å²) in [6.45, 7) is 3.58. The molecule has 0 unspecified atom stereocenters. The van der Waals surface area contributed by atoms with Crippen LogP contribution in [-0.2, 0) is 0 Å². The molecule has 0 bridgehead atoms. The topological polar surface area (TPSA) is 29.5 Å². The van der Waals surface area contributed by atoms with Gasteiger partial charge in [-0.15, -0.1) is 6.58 Å². The Morgan fingerprint density at radius 3 is 2.69 bits per heavy atom. The number of hydrogen-bond acceptors (Lipinski definition) is 2. The first kappa shape index (κ1) is 13.2. The number of aromatic hydroxyl groups is 1. The Hall–Kier alpha value is 0.196. The Balaban J connectivity index is 0.00000144. The summed E-state index contributed by atoms with van der Waals surface area (Å²) in [5.74, 6) is 0.629. The maximum Gasteiger partial charge on any atom is 1.00 e. The van der Waals surface area contributed by atoms with Crippen molar-refractivity contribution in [3.63, 3.8) is 0 Å². The zero-order valence-electron chi connectivity index (χ0n) is 7.95. The monoisotopic (exact) mass is 202 g/mol. The van der Waals surface area contributed by atoms with Crippen molar-refractivity contribution >= 4 is 0 Å². The molecule has 0 aliphatic rings. The molecule has 1 rings (SSSR count). The van der Waals surface area contributed by atoms with E-state index in [0.717, 1.165) is 5.56 Å². The van der Waals surface area contributed by atoms with Gasteiger partial charge in [0.15, 0.2) is 11.5 Å². The van der Waals surface area contributed by atoms with Crippen molar-refractivity contribution in [1.82, 2.24) is 0 Å². The summed E-state index contributed by atoms with van der Waals surface area (Å²) < 4.78 is 4.93. The van der Waals surface area contributed by atoms with Crippen LogP contribution in [0.15, 0.2) is 30.9 Å². The molecule has 0 aliphatic carbocycles. The van der Waals surface area contributed by atoms with E-state index in [-0.39, 0.29) is 57.1 Å². The van der Waals surface area contributed by atoms with E-state index in [1.165, 1.54) is 7.11 Å². The van der Waals surface area contributed by atoms with Crippen LogP contribution in [0.5, 0.6) is 11.5 Å². The second kappa shape index (κ2) is 6.62. The number of ether oxygens (including phenoxy) is 1. The van der Waals surface area contributed by atoms with Crippen LogP contribution in [0.4, 0.5) is 0 Å². The van der Waals surface area contributed by atoms with Crippen molar-refractivity contribution in [3.05, 3.63) is 42.8 Å². The Kier molecular flexibility index (Phi) is 6.72. The number of methoxy groups -OCH3 is 1. The molecule has 0 amide bonds. The number of rotatable bonds is 3. The van der Waals surface area contributed by atoms with Crippen LogP contribution < -0.4 is 56.1 Å². The van der Waals surface area contributed by atoms with Crippen LogP contribution in [0.2, 0.25) is 0 Å². The molecule has 2 nitrogen and oxygen atoms in total. The van der Waals surface area contributed by atoms with Crippen molar-refractivity contribution in [3.8, 4) is 11.5 Å². The summed E-state index contributed by atoms with van der Waals surface area (Å²) in [6, 6.07) is 5.13. The Morgan fingerprint density at radius 2 is 2.15 bits per heavy atom. The Bertz CT molecular complexity index is 284. The molecule has 1 N–H and O–H groups in total. The van der Waals surface area contributed by atoms with Crippen molar-refractivity contribution in [2.24, 2.45) is 0 Å². The summed E-state index contributed by atoms with van der Waals surface area (Å²) in [7, 11) is 1.52.